The number of hydrogen-bond acceptors (Lipinski definition) is 4. The number of benzene rings is 1. The number of rotatable bonds is 4. The molecule has 6 heteroatoms. The van der Waals surface area contributed by atoms with Crippen molar-refractivity contribution < 1.29 is 4.79 Å². The van der Waals surface area contributed by atoms with Crippen LogP contribution in [0.4, 0.5) is 0 Å². The minimum Gasteiger partial charge on any atom is -0.342 e. The Hall–Kier alpha value is -1.82. The van der Waals surface area contributed by atoms with Crippen molar-refractivity contribution in [2.24, 2.45) is 5.92 Å². The summed E-state index contributed by atoms with van der Waals surface area (Å²) in [6.07, 6.45) is 4.02. The van der Waals surface area contributed by atoms with Crippen LogP contribution in [0.2, 0.25) is 0 Å². The molecule has 0 aliphatic carbocycles. The Bertz CT molecular complexity index is 628. The molecular formula is C16H20N4OS. The molecule has 2 heterocycles. The standard InChI is InChI=1S/C16H20N4OS/c1-13-6-5-9-19(10-13)15(21)11-22-16-18-17-12-20(16)14-7-3-2-4-8-14/h2-4,7-8,12-13H,5-6,9-11H2,1H3/t13-/m0/s1. The Kier molecular flexibility index (Phi) is 4.77. The van der Waals surface area contributed by atoms with Crippen LogP contribution in [0.15, 0.2) is 41.8 Å². The highest BCUT2D eigenvalue weighted by Crippen LogP contribution is 2.21. The summed E-state index contributed by atoms with van der Waals surface area (Å²) < 4.78 is 1.91. The number of carbonyl (C=O) groups excluding carboxylic acids is 1. The molecule has 1 aromatic heterocycles. The molecule has 0 spiro atoms. The van der Waals surface area contributed by atoms with Crippen molar-refractivity contribution in [1.82, 2.24) is 19.7 Å². The van der Waals surface area contributed by atoms with Crippen LogP contribution < -0.4 is 0 Å². The fraction of sp³-hybridized carbons (Fsp3) is 0.438. The normalized spacial score (nSPS) is 18.4. The lowest BCUT2D eigenvalue weighted by molar-refractivity contribution is -0.130. The first-order valence-corrected chi connectivity index (χ1v) is 8.58. The van der Waals surface area contributed by atoms with Crippen LogP contribution in [0.1, 0.15) is 19.8 Å². The first kappa shape index (κ1) is 15.1. The van der Waals surface area contributed by atoms with Gasteiger partial charge in [-0.1, -0.05) is 36.9 Å². The number of carbonyl (C=O) groups is 1. The molecule has 5 nitrogen and oxygen atoms in total. The quantitative estimate of drug-likeness (QED) is 0.814. The van der Waals surface area contributed by atoms with E-state index in [-0.39, 0.29) is 5.91 Å². The summed E-state index contributed by atoms with van der Waals surface area (Å²) in [7, 11) is 0. The maximum Gasteiger partial charge on any atom is 0.233 e. The summed E-state index contributed by atoms with van der Waals surface area (Å²) in [6.45, 7) is 3.97. The van der Waals surface area contributed by atoms with E-state index in [0.717, 1.165) is 30.4 Å². The Balaban J connectivity index is 1.63. The highest BCUT2D eigenvalue weighted by atomic mass is 32.2. The van der Waals surface area contributed by atoms with Crippen LogP contribution in [0.3, 0.4) is 0 Å². The average Bonchev–Trinajstić information content (AvgIpc) is 3.02. The first-order valence-electron chi connectivity index (χ1n) is 7.60. The molecule has 0 unspecified atom stereocenters. The van der Waals surface area contributed by atoms with Gasteiger partial charge in [-0.05, 0) is 30.9 Å². The second kappa shape index (κ2) is 6.96. The highest BCUT2D eigenvalue weighted by molar-refractivity contribution is 7.99. The molecule has 1 saturated heterocycles. The third kappa shape index (κ3) is 3.50. The highest BCUT2D eigenvalue weighted by Gasteiger charge is 2.21. The monoisotopic (exact) mass is 316 g/mol. The fourth-order valence-electron chi connectivity index (χ4n) is 2.72. The van der Waals surface area contributed by atoms with E-state index in [1.807, 2.05) is 39.8 Å². The van der Waals surface area contributed by atoms with E-state index in [4.69, 9.17) is 0 Å². The summed E-state index contributed by atoms with van der Waals surface area (Å²) >= 11 is 1.45. The van der Waals surface area contributed by atoms with E-state index in [9.17, 15) is 4.79 Å². The number of thioether (sulfide) groups is 1. The molecule has 116 valence electrons. The summed E-state index contributed by atoms with van der Waals surface area (Å²) in [5, 5.41) is 8.85. The maximum atomic E-state index is 12.3. The van der Waals surface area contributed by atoms with Crippen LogP contribution in [0, 0.1) is 5.92 Å². The summed E-state index contributed by atoms with van der Waals surface area (Å²) in [4.78, 5) is 14.3. The van der Waals surface area contributed by atoms with Gasteiger partial charge in [-0.15, -0.1) is 10.2 Å². The van der Waals surface area contributed by atoms with Crippen molar-refractivity contribution >= 4 is 17.7 Å². The lowest BCUT2D eigenvalue weighted by Gasteiger charge is -2.30. The third-order valence-electron chi connectivity index (χ3n) is 3.89. The molecule has 0 bridgehead atoms. The van der Waals surface area contributed by atoms with Gasteiger partial charge in [0.05, 0.1) is 5.75 Å². The van der Waals surface area contributed by atoms with Crippen molar-refractivity contribution in [2.45, 2.75) is 24.9 Å². The van der Waals surface area contributed by atoms with Gasteiger partial charge in [-0.3, -0.25) is 9.36 Å². The Labute approximate surface area is 134 Å². The zero-order chi connectivity index (χ0) is 15.4. The summed E-state index contributed by atoms with van der Waals surface area (Å²) in [5.41, 5.74) is 1.01. The zero-order valence-corrected chi connectivity index (χ0v) is 13.5. The van der Waals surface area contributed by atoms with Crippen molar-refractivity contribution in [3.63, 3.8) is 0 Å². The van der Waals surface area contributed by atoms with Gasteiger partial charge in [-0.25, -0.2) is 0 Å². The lowest BCUT2D eigenvalue weighted by Crippen LogP contribution is -2.40. The Morgan fingerprint density at radius 1 is 1.36 bits per heavy atom. The molecule has 0 N–H and O–H groups in total. The molecule has 1 aromatic carbocycles. The number of nitrogens with zero attached hydrogens (tertiary/aromatic N) is 4. The van der Waals surface area contributed by atoms with Gasteiger partial charge in [-0.2, -0.15) is 0 Å². The Morgan fingerprint density at radius 3 is 2.95 bits per heavy atom. The number of hydrogen-bond donors (Lipinski definition) is 0. The van der Waals surface area contributed by atoms with E-state index >= 15 is 0 Å². The van der Waals surface area contributed by atoms with Crippen molar-refractivity contribution in [2.75, 3.05) is 18.8 Å². The number of aromatic nitrogens is 3. The molecule has 2 aromatic rings. The van der Waals surface area contributed by atoms with Gasteiger partial charge >= 0.3 is 0 Å². The average molecular weight is 316 g/mol. The van der Waals surface area contributed by atoms with Gasteiger partial charge in [0.1, 0.15) is 6.33 Å². The molecule has 1 fully saturated rings. The van der Waals surface area contributed by atoms with Gasteiger partial charge in [0.25, 0.3) is 0 Å². The molecule has 1 aliphatic heterocycles. The van der Waals surface area contributed by atoms with E-state index in [2.05, 4.69) is 17.1 Å². The molecule has 0 saturated carbocycles. The topological polar surface area (TPSA) is 51.0 Å². The SMILES string of the molecule is C[C@H]1CCCN(C(=O)CSc2nncn2-c2ccccc2)C1. The number of piperidine rings is 1. The van der Waals surface area contributed by atoms with Gasteiger partial charge in [0, 0.05) is 18.8 Å². The Morgan fingerprint density at radius 2 is 2.18 bits per heavy atom. The number of likely N-dealkylation sites (tertiary alicyclic amines) is 1. The number of amides is 1. The maximum absolute atomic E-state index is 12.3. The van der Waals surface area contributed by atoms with Crippen LogP contribution in [0.25, 0.3) is 5.69 Å². The second-order valence-electron chi connectivity index (χ2n) is 5.69. The molecule has 1 aliphatic rings. The van der Waals surface area contributed by atoms with Crippen molar-refractivity contribution in [1.29, 1.82) is 0 Å². The predicted molar refractivity (Wildman–Crippen MR) is 87.1 cm³/mol. The molecule has 1 amide bonds. The molecule has 22 heavy (non-hydrogen) atoms. The predicted octanol–water partition coefficient (Wildman–Crippen LogP) is 2.62. The van der Waals surface area contributed by atoms with Crippen LogP contribution in [0.5, 0.6) is 0 Å². The molecule has 0 radical (unpaired) electrons. The van der Waals surface area contributed by atoms with E-state index in [1.165, 1.54) is 18.2 Å². The fourth-order valence-corrected chi connectivity index (χ4v) is 3.55. The second-order valence-corrected chi connectivity index (χ2v) is 6.64. The van der Waals surface area contributed by atoms with Gasteiger partial charge in [0.15, 0.2) is 5.16 Å². The zero-order valence-electron chi connectivity index (χ0n) is 12.7. The van der Waals surface area contributed by atoms with Crippen LogP contribution in [-0.4, -0.2) is 44.4 Å². The third-order valence-corrected chi connectivity index (χ3v) is 4.81. The first-order chi connectivity index (χ1) is 10.7. The summed E-state index contributed by atoms with van der Waals surface area (Å²) in [5.74, 6) is 1.22. The van der Waals surface area contributed by atoms with Gasteiger partial charge in [0.2, 0.25) is 5.91 Å². The molecule has 3 rings (SSSR count). The lowest BCUT2D eigenvalue weighted by atomic mass is 10.0. The van der Waals surface area contributed by atoms with E-state index in [1.54, 1.807) is 6.33 Å². The van der Waals surface area contributed by atoms with Crippen LogP contribution in [-0.2, 0) is 4.79 Å². The smallest absolute Gasteiger partial charge is 0.233 e. The summed E-state index contributed by atoms with van der Waals surface area (Å²) in [6, 6.07) is 9.93. The largest absolute Gasteiger partial charge is 0.342 e. The number of para-hydroxylation sites is 1. The van der Waals surface area contributed by atoms with Crippen molar-refractivity contribution in [3.05, 3.63) is 36.7 Å². The van der Waals surface area contributed by atoms with Crippen LogP contribution >= 0.6 is 11.8 Å². The van der Waals surface area contributed by atoms with E-state index < -0.39 is 0 Å². The van der Waals surface area contributed by atoms with E-state index in [0.29, 0.717) is 11.7 Å². The molecular weight excluding hydrogens is 296 g/mol. The minimum atomic E-state index is 0.194. The van der Waals surface area contributed by atoms with Crippen molar-refractivity contribution in [3.8, 4) is 5.69 Å². The minimum absolute atomic E-state index is 0.194. The molecule has 1 atom stereocenters. The van der Waals surface area contributed by atoms with Gasteiger partial charge < -0.3 is 4.90 Å².